The second-order valence-electron chi connectivity index (χ2n) is 7.27. The Morgan fingerprint density at radius 2 is 2.14 bits per heavy atom. The number of carbonyl (C=O) groups excluding carboxylic acids is 1. The molecule has 4 aromatic rings. The number of aryl methyl sites for hydroxylation is 2. The van der Waals surface area contributed by atoms with Crippen molar-refractivity contribution in [1.29, 1.82) is 0 Å². The number of rotatable bonds is 2. The number of amides is 1. The molecule has 0 unspecified atom stereocenters. The van der Waals surface area contributed by atoms with Crippen LogP contribution >= 0.6 is 15.9 Å². The maximum absolute atomic E-state index is 12.9. The summed E-state index contributed by atoms with van der Waals surface area (Å²) < 4.78 is 2.74. The van der Waals surface area contributed by atoms with E-state index in [0.29, 0.717) is 24.7 Å². The molecule has 1 amide bonds. The van der Waals surface area contributed by atoms with Gasteiger partial charge in [-0.25, -0.2) is 9.50 Å². The molecule has 0 radical (unpaired) electrons. The van der Waals surface area contributed by atoms with Crippen LogP contribution in [0.25, 0.3) is 16.7 Å². The minimum absolute atomic E-state index is 0.0419. The predicted octanol–water partition coefficient (Wildman–Crippen LogP) is 3.11. The molecule has 1 aliphatic rings. The summed E-state index contributed by atoms with van der Waals surface area (Å²) in [6.07, 6.45) is 1.00. The predicted molar refractivity (Wildman–Crippen MR) is 109 cm³/mol. The highest BCUT2D eigenvalue weighted by atomic mass is 79.9. The van der Waals surface area contributed by atoms with Crippen LogP contribution in [0.2, 0.25) is 0 Å². The number of H-pyrrole nitrogens is 1. The van der Waals surface area contributed by atoms with Crippen LogP contribution < -0.4 is 0 Å². The monoisotopic (exact) mass is 438 g/mol. The lowest BCUT2D eigenvalue weighted by Gasteiger charge is -2.27. The normalized spacial score (nSPS) is 14.0. The van der Waals surface area contributed by atoms with Crippen LogP contribution in [0.15, 0.2) is 28.7 Å². The molecule has 0 spiro atoms. The molecule has 28 heavy (non-hydrogen) atoms. The van der Waals surface area contributed by atoms with Gasteiger partial charge in [-0.2, -0.15) is 4.98 Å². The summed E-state index contributed by atoms with van der Waals surface area (Å²) in [6.45, 7) is 5.19. The maximum Gasteiger partial charge on any atom is 0.252 e. The summed E-state index contributed by atoms with van der Waals surface area (Å²) in [5.74, 6) is 1.10. The second kappa shape index (κ2) is 6.41. The number of nitrogens with zero attached hydrogens (tertiary/aromatic N) is 5. The van der Waals surface area contributed by atoms with Crippen molar-refractivity contribution in [2.24, 2.45) is 0 Å². The van der Waals surface area contributed by atoms with E-state index in [1.54, 1.807) is 4.52 Å². The van der Waals surface area contributed by atoms with Gasteiger partial charge in [0.15, 0.2) is 5.82 Å². The van der Waals surface area contributed by atoms with E-state index >= 15 is 0 Å². The largest absolute Gasteiger partial charge is 0.357 e. The topological polar surface area (TPSA) is 79.2 Å². The molecule has 1 aromatic carbocycles. The van der Waals surface area contributed by atoms with Gasteiger partial charge in [0.25, 0.3) is 5.78 Å². The van der Waals surface area contributed by atoms with Crippen molar-refractivity contribution in [2.45, 2.75) is 33.2 Å². The van der Waals surface area contributed by atoms with Crippen LogP contribution in [-0.2, 0) is 24.2 Å². The summed E-state index contributed by atoms with van der Waals surface area (Å²) in [5, 5.41) is 5.64. The van der Waals surface area contributed by atoms with Crippen LogP contribution in [0.4, 0.5) is 0 Å². The van der Waals surface area contributed by atoms with E-state index in [1.807, 2.05) is 36.9 Å². The van der Waals surface area contributed by atoms with Gasteiger partial charge in [-0.1, -0.05) is 12.1 Å². The van der Waals surface area contributed by atoms with Gasteiger partial charge in [-0.3, -0.25) is 4.79 Å². The number of fused-ring (bicyclic) bond motifs is 4. The molecule has 1 N–H and O–H groups in total. The Balaban J connectivity index is 1.40. The number of aromatic nitrogens is 5. The molecule has 8 heteroatoms. The second-order valence-corrected chi connectivity index (χ2v) is 8.12. The van der Waals surface area contributed by atoms with Gasteiger partial charge in [-0.15, -0.1) is 5.10 Å². The lowest BCUT2D eigenvalue weighted by Crippen LogP contribution is -2.37. The molecule has 3 aromatic heterocycles. The van der Waals surface area contributed by atoms with Crippen molar-refractivity contribution in [3.8, 4) is 0 Å². The van der Waals surface area contributed by atoms with Gasteiger partial charge in [0.1, 0.15) is 0 Å². The van der Waals surface area contributed by atoms with Crippen molar-refractivity contribution >= 4 is 38.5 Å². The SMILES string of the molecule is Cc1cc(C)n2nc(CC(=O)N3CCc4[nH]c5c(Br)cccc5c4C3)nc2n1. The summed E-state index contributed by atoms with van der Waals surface area (Å²) >= 11 is 3.60. The molecule has 0 atom stereocenters. The molecule has 0 saturated carbocycles. The van der Waals surface area contributed by atoms with E-state index in [2.05, 4.69) is 42.0 Å². The van der Waals surface area contributed by atoms with Crippen LogP contribution in [-0.4, -0.2) is 41.9 Å². The molecule has 5 rings (SSSR count). The highest BCUT2D eigenvalue weighted by molar-refractivity contribution is 9.10. The first kappa shape index (κ1) is 17.4. The van der Waals surface area contributed by atoms with Gasteiger partial charge in [0.05, 0.1) is 11.9 Å². The first-order valence-corrected chi connectivity index (χ1v) is 10.0. The number of hydrogen-bond acceptors (Lipinski definition) is 4. The minimum Gasteiger partial charge on any atom is -0.357 e. The van der Waals surface area contributed by atoms with E-state index < -0.39 is 0 Å². The van der Waals surface area contributed by atoms with Crippen LogP contribution in [0.1, 0.15) is 28.5 Å². The van der Waals surface area contributed by atoms with Crippen molar-refractivity contribution in [3.05, 3.63) is 57.2 Å². The number of nitrogens with one attached hydrogen (secondary N) is 1. The number of hydrogen-bond donors (Lipinski definition) is 1. The molecular weight excluding hydrogens is 420 g/mol. The molecule has 0 saturated heterocycles. The van der Waals surface area contributed by atoms with Crippen LogP contribution in [0.5, 0.6) is 0 Å². The summed E-state index contributed by atoms with van der Waals surface area (Å²) in [6, 6.07) is 8.11. The van der Waals surface area contributed by atoms with E-state index in [9.17, 15) is 4.79 Å². The molecule has 142 valence electrons. The molecule has 7 nitrogen and oxygen atoms in total. The first-order chi connectivity index (χ1) is 13.5. The lowest BCUT2D eigenvalue weighted by molar-refractivity contribution is -0.131. The zero-order chi connectivity index (χ0) is 19.4. The fourth-order valence-electron chi connectivity index (χ4n) is 3.94. The summed E-state index contributed by atoms with van der Waals surface area (Å²) in [4.78, 5) is 27.2. The summed E-state index contributed by atoms with van der Waals surface area (Å²) in [5.41, 5.74) is 5.37. The molecule has 4 heterocycles. The quantitative estimate of drug-likeness (QED) is 0.521. The number of para-hydroxylation sites is 1. The zero-order valence-corrected chi connectivity index (χ0v) is 17.2. The number of carbonyl (C=O) groups is 1. The van der Waals surface area contributed by atoms with Gasteiger partial charge in [-0.05, 0) is 41.9 Å². The average Bonchev–Trinajstić information content (AvgIpc) is 3.23. The zero-order valence-electron chi connectivity index (χ0n) is 15.7. The van der Waals surface area contributed by atoms with E-state index in [1.165, 1.54) is 16.6 Å². The van der Waals surface area contributed by atoms with E-state index in [0.717, 1.165) is 27.8 Å². The summed E-state index contributed by atoms with van der Waals surface area (Å²) in [7, 11) is 0. The Hall–Kier alpha value is -2.74. The van der Waals surface area contributed by atoms with Gasteiger partial charge >= 0.3 is 0 Å². The fourth-order valence-corrected chi connectivity index (χ4v) is 4.41. The Labute approximate surface area is 169 Å². The van der Waals surface area contributed by atoms with Crippen LogP contribution in [0, 0.1) is 13.8 Å². The first-order valence-electron chi connectivity index (χ1n) is 9.25. The molecular formula is C20H19BrN6O. The third kappa shape index (κ3) is 2.79. The highest BCUT2D eigenvalue weighted by Gasteiger charge is 2.25. The third-order valence-corrected chi connectivity index (χ3v) is 5.94. The fraction of sp³-hybridized carbons (Fsp3) is 0.300. The van der Waals surface area contributed by atoms with Crippen LogP contribution in [0.3, 0.4) is 0 Å². The van der Waals surface area contributed by atoms with E-state index in [4.69, 9.17) is 0 Å². The third-order valence-electron chi connectivity index (χ3n) is 5.28. The average molecular weight is 439 g/mol. The van der Waals surface area contributed by atoms with E-state index in [-0.39, 0.29) is 12.3 Å². The van der Waals surface area contributed by atoms with Gasteiger partial charge in [0.2, 0.25) is 5.91 Å². The molecule has 0 bridgehead atoms. The van der Waals surface area contributed by atoms with Crippen molar-refractivity contribution < 1.29 is 4.79 Å². The Bertz CT molecular complexity index is 1240. The van der Waals surface area contributed by atoms with Crippen molar-refractivity contribution in [3.63, 3.8) is 0 Å². The lowest BCUT2D eigenvalue weighted by atomic mass is 10.0. The smallest absolute Gasteiger partial charge is 0.252 e. The number of benzene rings is 1. The Morgan fingerprint density at radius 3 is 3.00 bits per heavy atom. The van der Waals surface area contributed by atoms with Gasteiger partial charge < -0.3 is 9.88 Å². The van der Waals surface area contributed by atoms with Crippen molar-refractivity contribution in [2.75, 3.05) is 6.54 Å². The Morgan fingerprint density at radius 1 is 1.29 bits per heavy atom. The minimum atomic E-state index is 0.0419. The Kier molecular flexibility index (Phi) is 3.97. The molecule has 1 aliphatic heterocycles. The highest BCUT2D eigenvalue weighted by Crippen LogP contribution is 2.31. The maximum atomic E-state index is 12.9. The molecule has 0 fully saturated rings. The van der Waals surface area contributed by atoms with Gasteiger partial charge in [0, 0.05) is 52.0 Å². The van der Waals surface area contributed by atoms with Crippen molar-refractivity contribution in [1.82, 2.24) is 29.5 Å². The number of aromatic amines is 1. The number of halogens is 1. The standard InChI is InChI=1S/C20H19BrN6O/c1-11-8-12(2)27-20(22-11)24-17(25-27)9-18(28)26-7-6-16-14(10-26)13-4-3-5-15(21)19(13)23-16/h3-5,8,23H,6-7,9-10H2,1-2H3. The molecule has 0 aliphatic carbocycles.